The summed E-state index contributed by atoms with van der Waals surface area (Å²) in [6.45, 7) is 0. The molecular formula is C56H32I2N4O2. The van der Waals surface area contributed by atoms with Crippen LogP contribution in [-0.2, 0) is 0 Å². The molecule has 0 saturated carbocycles. The Balaban J connectivity index is 0.834. The number of para-hydroxylation sites is 3. The van der Waals surface area contributed by atoms with E-state index in [-0.39, 0.29) is 0 Å². The van der Waals surface area contributed by atoms with E-state index in [0.29, 0.717) is 11.6 Å². The molecule has 12 rings (SSSR count). The molecule has 4 heterocycles. The maximum absolute atomic E-state index is 6.58. The van der Waals surface area contributed by atoms with Gasteiger partial charge in [0.25, 0.3) is 0 Å². The Morgan fingerprint density at radius 2 is 0.734 bits per heavy atom. The first-order valence-electron chi connectivity index (χ1n) is 20.8. The zero-order valence-corrected chi connectivity index (χ0v) is 38.2. The first-order valence-corrected chi connectivity index (χ1v) is 23.0. The Morgan fingerprint density at radius 1 is 0.297 bits per heavy atom. The smallest absolute Gasteiger partial charge is 0.164 e. The molecule has 8 heteroatoms. The standard InChI is InChI=1S/C56H32I2N4O2/c57-51-31-47(37-25-23-34(24-26-37)33-9-2-1-3-10-33)59-55(61-51)45-17-8-15-43-46-30-39(27-28-50(46)64-54(43)45)36-21-19-35(20-22-36)38-11-6-12-40(29-38)48-32-52(58)62-56(60-48)44-16-7-14-42-41-13-4-5-18-49(41)63-53(42)44/h1-32H. The maximum atomic E-state index is 6.58. The molecule has 0 spiro atoms. The second kappa shape index (κ2) is 16.0. The molecule has 6 nitrogen and oxygen atoms in total. The number of aromatic nitrogens is 4. The summed E-state index contributed by atoms with van der Waals surface area (Å²) >= 11 is 4.56. The van der Waals surface area contributed by atoms with E-state index in [0.717, 1.165) is 107 Å². The van der Waals surface area contributed by atoms with Crippen LogP contribution in [0.2, 0.25) is 0 Å². The third-order valence-electron chi connectivity index (χ3n) is 11.8. The highest BCUT2D eigenvalue weighted by atomic mass is 127. The van der Waals surface area contributed by atoms with Crippen molar-refractivity contribution >= 4 is 89.1 Å². The lowest BCUT2D eigenvalue weighted by Gasteiger charge is -2.09. The molecule has 0 atom stereocenters. The van der Waals surface area contributed by atoms with E-state index in [4.69, 9.17) is 28.8 Å². The van der Waals surface area contributed by atoms with Gasteiger partial charge in [-0.05, 0) is 127 Å². The van der Waals surface area contributed by atoms with Crippen molar-refractivity contribution in [2.45, 2.75) is 0 Å². The van der Waals surface area contributed by atoms with Crippen molar-refractivity contribution in [1.29, 1.82) is 0 Å². The lowest BCUT2D eigenvalue weighted by molar-refractivity contribution is 0.669. The van der Waals surface area contributed by atoms with Gasteiger partial charge >= 0.3 is 0 Å². The Hall–Kier alpha value is -7.02. The van der Waals surface area contributed by atoms with Gasteiger partial charge in [-0.2, -0.15) is 0 Å². The minimum atomic E-state index is 0.633. The normalized spacial score (nSPS) is 11.6. The Kier molecular flexibility index (Phi) is 9.63. The third-order valence-corrected chi connectivity index (χ3v) is 12.9. The molecule has 0 bridgehead atoms. The van der Waals surface area contributed by atoms with Crippen LogP contribution in [0.25, 0.3) is 123 Å². The predicted octanol–water partition coefficient (Wildman–Crippen LogP) is 15.9. The molecule has 64 heavy (non-hydrogen) atoms. The van der Waals surface area contributed by atoms with Gasteiger partial charge < -0.3 is 8.83 Å². The van der Waals surface area contributed by atoms with E-state index in [1.54, 1.807) is 0 Å². The van der Waals surface area contributed by atoms with Crippen LogP contribution in [0.4, 0.5) is 0 Å². The molecule has 0 N–H and O–H groups in total. The molecular weight excluding hydrogens is 1010 g/mol. The molecule has 0 unspecified atom stereocenters. The van der Waals surface area contributed by atoms with E-state index in [9.17, 15) is 0 Å². The molecule has 0 amide bonds. The van der Waals surface area contributed by atoms with E-state index in [1.165, 1.54) is 11.1 Å². The van der Waals surface area contributed by atoms with Crippen LogP contribution in [0.15, 0.2) is 203 Å². The molecule has 0 aliphatic carbocycles. The first-order chi connectivity index (χ1) is 31.5. The van der Waals surface area contributed by atoms with E-state index >= 15 is 0 Å². The lowest BCUT2D eigenvalue weighted by atomic mass is 9.97. The van der Waals surface area contributed by atoms with Crippen molar-refractivity contribution in [1.82, 2.24) is 19.9 Å². The zero-order chi connectivity index (χ0) is 42.7. The molecule has 12 aromatic rings. The summed E-state index contributed by atoms with van der Waals surface area (Å²) in [6, 6.07) is 67.2. The van der Waals surface area contributed by atoms with E-state index in [1.807, 2.05) is 54.6 Å². The average Bonchev–Trinajstić information content (AvgIpc) is 3.92. The fourth-order valence-electron chi connectivity index (χ4n) is 8.63. The molecule has 0 aliphatic heterocycles. The van der Waals surface area contributed by atoms with Gasteiger partial charge in [-0.3, -0.25) is 0 Å². The van der Waals surface area contributed by atoms with E-state index < -0.39 is 0 Å². The van der Waals surface area contributed by atoms with Crippen molar-refractivity contribution in [3.8, 4) is 78.7 Å². The van der Waals surface area contributed by atoms with Crippen LogP contribution >= 0.6 is 45.2 Å². The summed E-state index contributed by atoms with van der Waals surface area (Å²) in [5.74, 6) is 1.27. The lowest BCUT2D eigenvalue weighted by Crippen LogP contribution is -1.95. The second-order valence-corrected chi connectivity index (χ2v) is 17.9. The predicted molar refractivity (Wildman–Crippen MR) is 276 cm³/mol. The van der Waals surface area contributed by atoms with Crippen LogP contribution in [0.1, 0.15) is 0 Å². The fourth-order valence-corrected chi connectivity index (χ4v) is 9.67. The molecule has 302 valence electrons. The second-order valence-electron chi connectivity index (χ2n) is 15.7. The summed E-state index contributed by atoms with van der Waals surface area (Å²) in [5.41, 5.74) is 15.5. The fraction of sp³-hybridized carbons (Fsp3) is 0. The Morgan fingerprint density at radius 3 is 1.39 bits per heavy atom. The summed E-state index contributed by atoms with van der Waals surface area (Å²) in [4.78, 5) is 19.9. The molecule has 8 aromatic carbocycles. The SMILES string of the molecule is Ic1cc(-c2cccc(-c3ccc(-c4ccc5oc6c(-c7nc(I)cc(-c8ccc(-c9ccccc9)cc8)n7)cccc6c5c4)cc3)c2)nc(-c2cccc3c2oc2ccccc23)n1. The van der Waals surface area contributed by atoms with Crippen molar-refractivity contribution in [2.24, 2.45) is 0 Å². The zero-order valence-electron chi connectivity index (χ0n) is 33.8. The summed E-state index contributed by atoms with van der Waals surface area (Å²) in [5, 5.41) is 4.21. The minimum absolute atomic E-state index is 0.633. The van der Waals surface area contributed by atoms with Crippen molar-refractivity contribution in [3.05, 3.63) is 202 Å². The highest BCUT2D eigenvalue weighted by molar-refractivity contribution is 14.1. The van der Waals surface area contributed by atoms with Crippen LogP contribution in [-0.4, -0.2) is 19.9 Å². The van der Waals surface area contributed by atoms with Gasteiger partial charge in [0.05, 0.1) is 22.5 Å². The van der Waals surface area contributed by atoms with Crippen LogP contribution in [0, 0.1) is 7.40 Å². The van der Waals surface area contributed by atoms with E-state index in [2.05, 4.69) is 185 Å². The van der Waals surface area contributed by atoms with Crippen molar-refractivity contribution in [3.63, 3.8) is 0 Å². The maximum Gasteiger partial charge on any atom is 0.164 e. The topological polar surface area (TPSA) is 77.8 Å². The van der Waals surface area contributed by atoms with Crippen LogP contribution in [0.3, 0.4) is 0 Å². The van der Waals surface area contributed by atoms with Crippen LogP contribution < -0.4 is 0 Å². The number of rotatable bonds is 7. The number of benzene rings is 8. The van der Waals surface area contributed by atoms with Gasteiger partial charge in [0.1, 0.15) is 29.7 Å². The van der Waals surface area contributed by atoms with Crippen LogP contribution in [0.5, 0.6) is 0 Å². The quantitative estimate of drug-likeness (QED) is 0.117. The highest BCUT2D eigenvalue weighted by Gasteiger charge is 2.18. The van der Waals surface area contributed by atoms with Crippen molar-refractivity contribution < 1.29 is 8.83 Å². The number of hydrogen-bond acceptors (Lipinski definition) is 6. The summed E-state index contributed by atoms with van der Waals surface area (Å²) in [6.07, 6.45) is 0. The molecule has 0 fully saturated rings. The highest BCUT2D eigenvalue weighted by Crippen LogP contribution is 2.39. The number of hydrogen-bond donors (Lipinski definition) is 0. The van der Waals surface area contributed by atoms with Gasteiger partial charge in [-0.1, -0.05) is 146 Å². The Bertz CT molecular complexity index is 3750. The van der Waals surface area contributed by atoms with Crippen molar-refractivity contribution in [2.75, 3.05) is 0 Å². The largest absolute Gasteiger partial charge is 0.455 e. The van der Waals surface area contributed by atoms with Gasteiger partial charge in [0, 0.05) is 32.7 Å². The minimum Gasteiger partial charge on any atom is -0.455 e. The van der Waals surface area contributed by atoms with Gasteiger partial charge in [0.2, 0.25) is 0 Å². The number of furan rings is 2. The molecule has 0 saturated heterocycles. The van der Waals surface area contributed by atoms with Gasteiger partial charge in [-0.15, -0.1) is 0 Å². The summed E-state index contributed by atoms with van der Waals surface area (Å²) < 4.78 is 14.6. The number of fused-ring (bicyclic) bond motifs is 6. The molecule has 4 aromatic heterocycles. The average molecular weight is 1050 g/mol. The monoisotopic (exact) mass is 1050 g/mol. The number of nitrogens with zero attached hydrogens (tertiary/aromatic N) is 4. The number of halogens is 2. The molecule has 0 radical (unpaired) electrons. The van der Waals surface area contributed by atoms with Gasteiger partial charge in [0.15, 0.2) is 11.6 Å². The first kappa shape index (κ1) is 38.6. The Labute approximate surface area is 395 Å². The third kappa shape index (κ3) is 7.03. The van der Waals surface area contributed by atoms with Gasteiger partial charge in [-0.25, -0.2) is 19.9 Å². The molecule has 0 aliphatic rings. The summed E-state index contributed by atoms with van der Waals surface area (Å²) in [7, 11) is 0.